The van der Waals surface area contributed by atoms with E-state index >= 15 is 0 Å². The van der Waals surface area contributed by atoms with Gasteiger partial charge in [-0.3, -0.25) is 4.21 Å². The molecule has 1 unspecified atom stereocenters. The molecular weight excluding hydrogens is 629 g/mol. The molecule has 1 amide bonds. The van der Waals surface area contributed by atoms with Gasteiger partial charge in [-0.2, -0.15) is 22.0 Å². The van der Waals surface area contributed by atoms with Crippen molar-refractivity contribution in [3.63, 3.8) is 0 Å². The van der Waals surface area contributed by atoms with E-state index in [-0.39, 0.29) is 40.3 Å². The highest BCUT2D eigenvalue weighted by atomic mass is 32.2. The molecule has 0 bridgehead atoms. The Balaban J connectivity index is 1.12. The molecule has 2 heterocycles. The highest BCUT2D eigenvalue weighted by Crippen LogP contribution is 2.62. The largest absolute Gasteiger partial charge is 0.453 e. The lowest BCUT2D eigenvalue weighted by molar-refractivity contribution is -0.284. The number of carbonyl (C=O) groups excluding carboxylic acids is 1. The molecule has 1 N–H and O–H groups in total. The predicted octanol–water partition coefficient (Wildman–Crippen LogP) is 6.85. The lowest BCUT2D eigenvalue weighted by Gasteiger charge is -2.58. The Kier molecular flexibility index (Phi) is 9.00. The van der Waals surface area contributed by atoms with Crippen LogP contribution in [0.5, 0.6) is 5.75 Å². The zero-order valence-electron chi connectivity index (χ0n) is 26.5. The van der Waals surface area contributed by atoms with Crippen LogP contribution >= 0.6 is 0 Å². The van der Waals surface area contributed by atoms with E-state index in [0.717, 1.165) is 62.9 Å². The molecule has 0 radical (unpaired) electrons. The Labute approximate surface area is 269 Å². The minimum absolute atomic E-state index is 0.189. The lowest BCUT2D eigenvalue weighted by Crippen LogP contribution is -2.72. The first kappa shape index (κ1) is 33.6. The summed E-state index contributed by atoms with van der Waals surface area (Å²) in [6.45, 7) is 5.59. The van der Waals surface area contributed by atoms with Crippen molar-refractivity contribution in [3.8, 4) is 5.75 Å². The number of alkyl halides is 5. The van der Waals surface area contributed by atoms with Crippen molar-refractivity contribution in [3.05, 3.63) is 29.3 Å². The van der Waals surface area contributed by atoms with Crippen LogP contribution in [0.25, 0.3) is 0 Å². The third-order valence-corrected chi connectivity index (χ3v) is 13.2. The highest BCUT2D eigenvalue weighted by Gasteiger charge is 2.57. The van der Waals surface area contributed by atoms with E-state index in [0.29, 0.717) is 37.1 Å². The second-order valence-electron chi connectivity index (χ2n) is 14.8. The first-order chi connectivity index (χ1) is 21.6. The number of likely N-dealkylation sites (tertiary alicyclic amines) is 2. The molecule has 6 rings (SSSR count). The summed E-state index contributed by atoms with van der Waals surface area (Å²) in [5.74, 6) is -3.10. The summed E-state index contributed by atoms with van der Waals surface area (Å²) in [7, 11) is 0.577. The van der Waals surface area contributed by atoms with Crippen LogP contribution < -0.4 is 4.74 Å². The fraction of sp³-hybridized carbons (Fsp3) is 0.758. The van der Waals surface area contributed by atoms with Crippen LogP contribution in [0.4, 0.5) is 26.7 Å². The van der Waals surface area contributed by atoms with Crippen molar-refractivity contribution < 1.29 is 40.9 Å². The highest BCUT2D eigenvalue weighted by molar-refractivity contribution is 7.84. The van der Waals surface area contributed by atoms with Gasteiger partial charge in [0.2, 0.25) is 0 Å². The van der Waals surface area contributed by atoms with E-state index in [1.54, 1.807) is 4.90 Å². The van der Waals surface area contributed by atoms with E-state index in [9.17, 15) is 36.2 Å². The van der Waals surface area contributed by atoms with Crippen molar-refractivity contribution in [2.45, 2.75) is 82.7 Å². The van der Waals surface area contributed by atoms with Gasteiger partial charge in [0.1, 0.15) is 5.75 Å². The molecule has 1 aromatic carbocycles. The first-order valence-corrected chi connectivity index (χ1v) is 17.9. The number of rotatable bonds is 9. The van der Waals surface area contributed by atoms with Crippen molar-refractivity contribution in [2.24, 2.45) is 33.7 Å². The normalized spacial score (nSPS) is 31.9. The summed E-state index contributed by atoms with van der Waals surface area (Å²) >= 11 is 0. The Morgan fingerprint density at radius 1 is 1.11 bits per heavy atom. The van der Waals surface area contributed by atoms with Gasteiger partial charge < -0.3 is 19.7 Å². The molecule has 13 heteroatoms. The maximum atomic E-state index is 13.3. The molecular formula is C33H44F5N3O4S. The van der Waals surface area contributed by atoms with Gasteiger partial charge >= 0.3 is 18.2 Å². The summed E-state index contributed by atoms with van der Waals surface area (Å²) in [6.07, 6.45) is -2.22. The van der Waals surface area contributed by atoms with E-state index < -0.39 is 35.7 Å². The Bertz CT molecular complexity index is 1380. The van der Waals surface area contributed by atoms with Crippen molar-refractivity contribution in [1.82, 2.24) is 9.80 Å². The first-order valence-electron chi connectivity index (χ1n) is 16.4. The van der Waals surface area contributed by atoms with Crippen LogP contribution in [0.2, 0.25) is 0 Å². The molecule has 256 valence electrons. The third-order valence-electron chi connectivity index (χ3n) is 11.7. The van der Waals surface area contributed by atoms with E-state index in [4.69, 9.17) is 4.74 Å². The molecule has 2 saturated carbocycles. The monoisotopic (exact) mass is 673 g/mol. The van der Waals surface area contributed by atoms with Crippen molar-refractivity contribution in [2.75, 3.05) is 44.7 Å². The minimum Gasteiger partial charge on any atom is -0.411 e. The minimum atomic E-state index is -5.60. The third kappa shape index (κ3) is 6.19. The Morgan fingerprint density at radius 3 is 2.50 bits per heavy atom. The van der Waals surface area contributed by atoms with Gasteiger partial charge in [-0.15, -0.1) is 0 Å². The van der Waals surface area contributed by atoms with Gasteiger partial charge in [-0.25, -0.2) is 4.79 Å². The number of amides is 1. The molecule has 2 aliphatic heterocycles. The average molecular weight is 674 g/mol. The quantitative estimate of drug-likeness (QED) is 0.176. The molecule has 1 aromatic rings. The maximum Gasteiger partial charge on any atom is 0.453 e. The zero-order chi connectivity index (χ0) is 33.1. The summed E-state index contributed by atoms with van der Waals surface area (Å²) in [5.41, 5.74) is 3.25. The maximum absolute atomic E-state index is 13.3. The smallest absolute Gasteiger partial charge is 0.411 e. The van der Waals surface area contributed by atoms with Gasteiger partial charge in [0, 0.05) is 65.7 Å². The molecule has 5 aliphatic rings. The molecule has 6 atom stereocenters. The number of halogens is 5. The number of oxime groups is 1. The van der Waals surface area contributed by atoms with Crippen LogP contribution in [-0.4, -0.2) is 87.9 Å². The lowest BCUT2D eigenvalue weighted by atomic mass is 9.52. The molecule has 1 spiro atoms. The van der Waals surface area contributed by atoms with Gasteiger partial charge in [-0.1, -0.05) is 18.1 Å². The number of hydrogen-bond donors (Lipinski definition) is 1. The standard InChI is InChI=1S/C33H44F5N3O4S/c1-30-12-10-25-24-7-6-23(45-29(42)41-19-31(20-41)17-40(2)18-31)16-22(24)15-21(28(25)26(30)8-9-27(30)39-43)5-3-13-46(44)14-4-11-32(34,35)33(36,37)38/h6-7,16,21,25-26,28,43H,3-5,8-15,17-20H2,1-2H3/b39-27-/t21-,25-,26+,28-,30+,46?/m1/s1. The summed E-state index contributed by atoms with van der Waals surface area (Å²) in [4.78, 5) is 16.9. The van der Waals surface area contributed by atoms with Gasteiger partial charge in [-0.05, 0) is 105 Å². The van der Waals surface area contributed by atoms with Gasteiger partial charge in [0.25, 0.3) is 0 Å². The zero-order valence-corrected chi connectivity index (χ0v) is 27.3. The molecule has 2 saturated heterocycles. The van der Waals surface area contributed by atoms with E-state index in [2.05, 4.69) is 30.1 Å². The number of carbonyl (C=O) groups is 1. The van der Waals surface area contributed by atoms with Crippen LogP contribution in [-0.2, 0) is 17.2 Å². The number of fused-ring (bicyclic) bond motifs is 5. The molecule has 0 aromatic heterocycles. The second kappa shape index (κ2) is 12.3. The van der Waals surface area contributed by atoms with Crippen LogP contribution in [0.15, 0.2) is 23.4 Å². The van der Waals surface area contributed by atoms with Gasteiger partial charge in [0.15, 0.2) is 0 Å². The van der Waals surface area contributed by atoms with Gasteiger partial charge in [0.05, 0.1) is 5.71 Å². The second-order valence-corrected chi connectivity index (χ2v) is 16.5. The number of ether oxygens (including phenoxy) is 1. The van der Waals surface area contributed by atoms with Crippen molar-refractivity contribution in [1.29, 1.82) is 0 Å². The molecule has 46 heavy (non-hydrogen) atoms. The average Bonchev–Trinajstić information content (AvgIpc) is 3.29. The molecule has 4 fully saturated rings. The fourth-order valence-corrected chi connectivity index (χ4v) is 10.8. The molecule has 7 nitrogen and oxygen atoms in total. The van der Waals surface area contributed by atoms with Crippen LogP contribution in [0.3, 0.4) is 0 Å². The van der Waals surface area contributed by atoms with Crippen LogP contribution in [0, 0.1) is 28.6 Å². The van der Waals surface area contributed by atoms with E-state index in [1.165, 1.54) is 5.56 Å². The number of hydrogen-bond acceptors (Lipinski definition) is 6. The topological polar surface area (TPSA) is 82.4 Å². The van der Waals surface area contributed by atoms with Crippen molar-refractivity contribution >= 4 is 22.6 Å². The summed E-state index contributed by atoms with van der Waals surface area (Å²) < 4.78 is 82.5. The summed E-state index contributed by atoms with van der Waals surface area (Å²) in [6, 6.07) is 5.95. The number of nitrogens with zero attached hydrogens (tertiary/aromatic N) is 3. The van der Waals surface area contributed by atoms with Crippen LogP contribution in [0.1, 0.15) is 75.3 Å². The Hall–Kier alpha value is -2.28. The molecule has 3 aliphatic carbocycles. The Morgan fingerprint density at radius 2 is 1.83 bits per heavy atom. The summed E-state index contributed by atoms with van der Waals surface area (Å²) in [5, 5.41) is 13.5. The van der Waals surface area contributed by atoms with E-state index in [1.807, 2.05) is 12.1 Å². The fourth-order valence-electron chi connectivity index (χ4n) is 9.63. The SMILES string of the molecule is CN1CC2(C1)CN(C(=O)Oc1ccc3c(c1)C[C@@H](CCCS(=O)CCCC(F)(F)C(F)(F)F)[C@@H]1[C@@H]3CC[C@]3(C)/C(=N\O)CC[C@@H]13)C2. The predicted molar refractivity (Wildman–Crippen MR) is 164 cm³/mol. The number of benzene rings is 1.